The largest absolute Gasteiger partial charge is 0.469 e. The Labute approximate surface area is 113 Å². The number of methoxy groups -OCH3 is 3. The molecule has 0 saturated heterocycles. The van der Waals surface area contributed by atoms with E-state index in [1.807, 2.05) is 0 Å². The van der Waals surface area contributed by atoms with Crippen molar-refractivity contribution in [2.45, 2.75) is 27.2 Å². The van der Waals surface area contributed by atoms with Crippen LogP contribution < -0.4 is 0 Å². The summed E-state index contributed by atoms with van der Waals surface area (Å²) < 4.78 is 14.0. The molecule has 0 amide bonds. The van der Waals surface area contributed by atoms with Crippen LogP contribution in [0.3, 0.4) is 0 Å². The summed E-state index contributed by atoms with van der Waals surface area (Å²) in [4.78, 5) is 35.4. The molecular weight excluding hydrogens is 252 g/mol. The first kappa shape index (κ1) is 17.4. The molecule has 0 aliphatic rings. The molecule has 0 aromatic carbocycles. The summed E-state index contributed by atoms with van der Waals surface area (Å²) in [7, 11) is 3.65. The van der Waals surface area contributed by atoms with Crippen molar-refractivity contribution in [3.05, 3.63) is 0 Å². The number of ether oxygens (including phenoxy) is 3. The molecule has 6 nitrogen and oxygen atoms in total. The maximum Gasteiger partial charge on any atom is 0.320 e. The SMILES string of the molecule is CCC(C)(C(C(=O)OC)C(=O)OC)[C@@H](C)C(=O)OC. The van der Waals surface area contributed by atoms with Crippen molar-refractivity contribution in [1.29, 1.82) is 0 Å². The van der Waals surface area contributed by atoms with Crippen LogP contribution in [0.2, 0.25) is 0 Å². The predicted octanol–water partition coefficient (Wildman–Crippen LogP) is 1.17. The van der Waals surface area contributed by atoms with Crippen LogP contribution in [0.25, 0.3) is 0 Å². The van der Waals surface area contributed by atoms with E-state index < -0.39 is 35.2 Å². The second-order valence-corrected chi connectivity index (χ2v) is 4.58. The summed E-state index contributed by atoms with van der Waals surface area (Å²) >= 11 is 0. The minimum atomic E-state index is -1.17. The number of carbonyl (C=O) groups is 3. The topological polar surface area (TPSA) is 78.9 Å². The van der Waals surface area contributed by atoms with Gasteiger partial charge in [-0.15, -0.1) is 0 Å². The fourth-order valence-electron chi connectivity index (χ4n) is 2.08. The van der Waals surface area contributed by atoms with E-state index >= 15 is 0 Å². The first-order chi connectivity index (χ1) is 8.79. The van der Waals surface area contributed by atoms with Crippen LogP contribution in [-0.2, 0) is 28.6 Å². The van der Waals surface area contributed by atoms with Gasteiger partial charge in [0.15, 0.2) is 5.92 Å². The zero-order chi connectivity index (χ0) is 15.2. The molecule has 0 rings (SSSR count). The molecule has 19 heavy (non-hydrogen) atoms. The summed E-state index contributed by atoms with van der Waals surface area (Å²) in [6.07, 6.45) is 0.415. The average molecular weight is 274 g/mol. The van der Waals surface area contributed by atoms with E-state index in [9.17, 15) is 14.4 Å². The van der Waals surface area contributed by atoms with Gasteiger partial charge in [0.1, 0.15) is 0 Å². The van der Waals surface area contributed by atoms with Crippen LogP contribution >= 0.6 is 0 Å². The monoisotopic (exact) mass is 274 g/mol. The second kappa shape index (κ2) is 7.11. The van der Waals surface area contributed by atoms with E-state index in [2.05, 4.69) is 9.47 Å². The third kappa shape index (κ3) is 3.45. The van der Waals surface area contributed by atoms with E-state index in [0.717, 1.165) is 0 Å². The minimum absolute atomic E-state index is 0.415. The summed E-state index contributed by atoms with van der Waals surface area (Å²) in [5.41, 5.74) is -0.937. The Kier molecular flexibility index (Phi) is 6.52. The number of hydrogen-bond acceptors (Lipinski definition) is 6. The summed E-state index contributed by atoms with van der Waals surface area (Å²) in [6, 6.07) is 0. The van der Waals surface area contributed by atoms with E-state index in [1.165, 1.54) is 21.3 Å². The number of rotatable bonds is 6. The highest BCUT2D eigenvalue weighted by Gasteiger charge is 2.50. The van der Waals surface area contributed by atoms with Gasteiger partial charge in [0, 0.05) is 5.41 Å². The maximum absolute atomic E-state index is 11.9. The normalized spacial score (nSPS) is 15.3. The quantitative estimate of drug-likeness (QED) is 0.411. The molecule has 0 heterocycles. The molecule has 6 heteroatoms. The van der Waals surface area contributed by atoms with Gasteiger partial charge in [0.25, 0.3) is 0 Å². The molecule has 2 atom stereocenters. The van der Waals surface area contributed by atoms with Gasteiger partial charge < -0.3 is 14.2 Å². The van der Waals surface area contributed by atoms with Crippen LogP contribution in [0.15, 0.2) is 0 Å². The van der Waals surface area contributed by atoms with Crippen molar-refractivity contribution in [3.63, 3.8) is 0 Å². The third-order valence-corrected chi connectivity index (χ3v) is 3.84. The lowest BCUT2D eigenvalue weighted by molar-refractivity contribution is -0.170. The highest BCUT2D eigenvalue weighted by atomic mass is 16.5. The van der Waals surface area contributed by atoms with Gasteiger partial charge in [-0.1, -0.05) is 20.8 Å². The molecule has 0 fully saturated rings. The van der Waals surface area contributed by atoms with E-state index in [1.54, 1.807) is 20.8 Å². The van der Waals surface area contributed by atoms with Gasteiger partial charge in [-0.25, -0.2) is 0 Å². The van der Waals surface area contributed by atoms with Gasteiger partial charge in [0.05, 0.1) is 27.2 Å². The van der Waals surface area contributed by atoms with Crippen LogP contribution in [-0.4, -0.2) is 39.2 Å². The Balaban J connectivity index is 5.61. The molecule has 0 aliphatic carbocycles. The van der Waals surface area contributed by atoms with Crippen molar-refractivity contribution in [2.75, 3.05) is 21.3 Å². The molecular formula is C13H22O6. The Morgan fingerprint density at radius 1 is 0.947 bits per heavy atom. The van der Waals surface area contributed by atoms with Gasteiger partial charge in [-0.05, 0) is 6.42 Å². The zero-order valence-corrected chi connectivity index (χ0v) is 12.3. The van der Waals surface area contributed by atoms with Crippen molar-refractivity contribution in [1.82, 2.24) is 0 Å². The molecule has 0 N–H and O–H groups in total. The summed E-state index contributed by atoms with van der Waals surface area (Å²) in [5, 5.41) is 0. The van der Waals surface area contributed by atoms with Crippen molar-refractivity contribution < 1.29 is 28.6 Å². The lowest BCUT2D eigenvalue weighted by Crippen LogP contribution is -2.46. The van der Waals surface area contributed by atoms with Crippen LogP contribution in [0.4, 0.5) is 0 Å². The molecule has 0 saturated carbocycles. The standard InChI is InChI=1S/C13H22O6/c1-7-13(3,8(2)10(14)17-4)9(11(15)18-5)12(16)19-6/h8-9H,7H2,1-6H3/t8-,13?/m0/s1. The predicted molar refractivity (Wildman–Crippen MR) is 67.1 cm³/mol. The fourth-order valence-corrected chi connectivity index (χ4v) is 2.08. The third-order valence-electron chi connectivity index (χ3n) is 3.84. The Morgan fingerprint density at radius 3 is 1.58 bits per heavy atom. The molecule has 0 spiro atoms. The Hall–Kier alpha value is -1.59. The number of carbonyl (C=O) groups excluding carboxylic acids is 3. The zero-order valence-electron chi connectivity index (χ0n) is 12.3. The van der Waals surface area contributed by atoms with Gasteiger partial charge in [-0.3, -0.25) is 14.4 Å². The molecule has 0 aromatic heterocycles. The van der Waals surface area contributed by atoms with Gasteiger partial charge in [-0.2, -0.15) is 0 Å². The minimum Gasteiger partial charge on any atom is -0.469 e. The first-order valence-corrected chi connectivity index (χ1v) is 6.03. The van der Waals surface area contributed by atoms with E-state index in [4.69, 9.17) is 4.74 Å². The van der Waals surface area contributed by atoms with Crippen LogP contribution in [0.1, 0.15) is 27.2 Å². The number of hydrogen-bond donors (Lipinski definition) is 0. The van der Waals surface area contributed by atoms with Crippen molar-refractivity contribution >= 4 is 17.9 Å². The lowest BCUT2D eigenvalue weighted by Gasteiger charge is -2.37. The van der Waals surface area contributed by atoms with Gasteiger partial charge in [0.2, 0.25) is 0 Å². The first-order valence-electron chi connectivity index (χ1n) is 6.03. The summed E-state index contributed by atoms with van der Waals surface area (Å²) in [5.74, 6) is -3.73. The van der Waals surface area contributed by atoms with E-state index in [-0.39, 0.29) is 0 Å². The molecule has 1 unspecified atom stereocenters. The van der Waals surface area contributed by atoms with Crippen molar-refractivity contribution in [2.24, 2.45) is 17.3 Å². The number of esters is 3. The van der Waals surface area contributed by atoms with Crippen LogP contribution in [0, 0.1) is 17.3 Å². The molecule has 0 bridgehead atoms. The lowest BCUT2D eigenvalue weighted by atomic mass is 9.66. The Morgan fingerprint density at radius 2 is 1.32 bits per heavy atom. The van der Waals surface area contributed by atoms with E-state index in [0.29, 0.717) is 6.42 Å². The smallest absolute Gasteiger partial charge is 0.320 e. The van der Waals surface area contributed by atoms with Gasteiger partial charge >= 0.3 is 17.9 Å². The molecule has 0 aromatic rings. The molecule has 110 valence electrons. The fraction of sp³-hybridized carbons (Fsp3) is 0.769. The highest BCUT2D eigenvalue weighted by Crippen LogP contribution is 2.41. The molecule has 0 radical (unpaired) electrons. The maximum atomic E-state index is 11.9. The highest BCUT2D eigenvalue weighted by molar-refractivity contribution is 5.96. The Bertz CT molecular complexity index is 335. The average Bonchev–Trinajstić information content (AvgIpc) is 2.44. The van der Waals surface area contributed by atoms with Crippen molar-refractivity contribution in [3.8, 4) is 0 Å². The van der Waals surface area contributed by atoms with Crippen LogP contribution in [0.5, 0.6) is 0 Å². The molecule has 0 aliphatic heterocycles. The second-order valence-electron chi connectivity index (χ2n) is 4.58. The summed E-state index contributed by atoms with van der Waals surface area (Å²) in [6.45, 7) is 5.08.